The van der Waals surface area contributed by atoms with Crippen molar-refractivity contribution in [1.29, 1.82) is 0 Å². The Bertz CT molecular complexity index is 387. The number of aromatic nitrogens is 1. The lowest BCUT2D eigenvalue weighted by Gasteiger charge is -2.48. The summed E-state index contributed by atoms with van der Waals surface area (Å²) in [6.45, 7) is 10.9. The molecule has 0 aliphatic rings. The van der Waals surface area contributed by atoms with Crippen molar-refractivity contribution in [3.8, 4) is 0 Å². The van der Waals surface area contributed by atoms with Gasteiger partial charge in [0.05, 0.1) is 11.9 Å². The second kappa shape index (κ2) is 5.46. The molecule has 0 aliphatic carbocycles. The molecule has 1 unspecified atom stereocenters. The van der Waals surface area contributed by atoms with Crippen molar-refractivity contribution in [3.05, 3.63) is 29.8 Å². The zero-order chi connectivity index (χ0) is 14.0. The van der Waals surface area contributed by atoms with Gasteiger partial charge in [0, 0.05) is 6.61 Å². The fourth-order valence-electron chi connectivity index (χ4n) is 1.17. The number of hydrogen-bond acceptors (Lipinski definition) is 3. The van der Waals surface area contributed by atoms with Gasteiger partial charge in [-0.2, -0.15) is 0 Å². The number of halogens is 1. The Labute approximate surface area is 109 Å². The minimum absolute atomic E-state index is 0.100. The fraction of sp³-hybridized carbons (Fsp3) is 0.615. The molecule has 0 fully saturated rings. The Morgan fingerprint density at radius 3 is 2.44 bits per heavy atom. The van der Waals surface area contributed by atoms with Crippen molar-refractivity contribution in [2.45, 2.75) is 45.0 Å². The van der Waals surface area contributed by atoms with E-state index in [0.717, 1.165) is 6.20 Å². The largest absolute Gasteiger partial charge is 0.562 e. The number of aliphatic hydroxyl groups excluding tert-OH is 1. The maximum Gasteiger partial charge on any atom is 0.141 e. The summed E-state index contributed by atoms with van der Waals surface area (Å²) in [6.07, 6.45) is 0.296. The molecule has 1 heterocycles. The van der Waals surface area contributed by atoms with Crippen LogP contribution in [0.1, 0.15) is 32.6 Å². The first-order valence-electron chi connectivity index (χ1n) is 6.07. The molecular weight excluding hydrogens is 249 g/mol. The molecule has 103 valence electrons. The highest BCUT2D eigenvalue weighted by Gasteiger charge is 2.25. The molecule has 0 saturated heterocycles. The van der Waals surface area contributed by atoms with E-state index in [1.165, 1.54) is 12.1 Å². The highest BCUT2D eigenvalue weighted by Crippen LogP contribution is 2.37. The van der Waals surface area contributed by atoms with E-state index in [1.807, 2.05) is 0 Å². The van der Waals surface area contributed by atoms with Crippen LogP contribution in [0.2, 0.25) is 18.1 Å². The van der Waals surface area contributed by atoms with Gasteiger partial charge in [0.25, 0.3) is 0 Å². The van der Waals surface area contributed by atoms with E-state index >= 15 is 0 Å². The average Bonchev–Trinajstić information content (AvgIpc) is 2.25. The van der Waals surface area contributed by atoms with Gasteiger partial charge in [0.15, 0.2) is 0 Å². The first-order chi connectivity index (χ1) is 8.13. The minimum atomic E-state index is -1.87. The molecule has 0 bridgehead atoms. The van der Waals surface area contributed by atoms with E-state index in [4.69, 9.17) is 4.43 Å². The van der Waals surface area contributed by atoms with Crippen LogP contribution in [0.3, 0.4) is 0 Å². The summed E-state index contributed by atoms with van der Waals surface area (Å²) in [5.74, 6) is -0.406. The van der Waals surface area contributed by atoms with E-state index in [-0.39, 0.29) is 11.6 Å². The number of aliphatic hydroxyl groups is 1. The monoisotopic (exact) mass is 271 g/mol. The molecule has 3 nitrogen and oxygen atoms in total. The van der Waals surface area contributed by atoms with E-state index in [2.05, 4.69) is 38.8 Å². The molecule has 18 heavy (non-hydrogen) atoms. The van der Waals surface area contributed by atoms with Gasteiger partial charge in [0.1, 0.15) is 11.9 Å². The van der Waals surface area contributed by atoms with Crippen LogP contribution in [0, 0.1) is 5.82 Å². The van der Waals surface area contributed by atoms with Crippen molar-refractivity contribution < 1.29 is 13.9 Å². The van der Waals surface area contributed by atoms with Gasteiger partial charge in [-0.3, -0.25) is 4.98 Å². The Hall–Kier alpha value is -0.783. The molecular formula is C13H22FNO2Si-. The van der Waals surface area contributed by atoms with Crippen LogP contribution in [0.4, 0.5) is 4.39 Å². The molecule has 1 aromatic rings. The van der Waals surface area contributed by atoms with Crippen LogP contribution >= 0.6 is 0 Å². The SMILES string of the molecule is CC(C)(C)[Si-](C)(C)OCC(O)c1ccc(F)cn1. The van der Waals surface area contributed by atoms with Crippen LogP contribution in [-0.2, 0) is 4.43 Å². The zero-order valence-electron chi connectivity index (χ0n) is 11.7. The molecule has 1 atom stereocenters. The summed E-state index contributed by atoms with van der Waals surface area (Å²) in [6, 6.07) is 2.77. The van der Waals surface area contributed by atoms with Crippen molar-refractivity contribution in [1.82, 2.24) is 4.98 Å². The molecule has 1 rings (SSSR count). The number of pyridine rings is 1. The quantitative estimate of drug-likeness (QED) is 0.855. The van der Waals surface area contributed by atoms with Crippen molar-refractivity contribution >= 4 is 8.32 Å². The number of rotatable bonds is 4. The standard InChI is InChI=1S/C13H22FNO2Si/c1-13(2,3)18(4,5)17-9-12(16)11-7-6-10(14)8-15-11/h6-8,12,16H,9H2,1-5H3/q-1. The molecule has 1 aromatic heterocycles. The molecule has 0 spiro atoms. The summed E-state index contributed by atoms with van der Waals surface area (Å²) in [4.78, 5) is 3.85. The molecule has 5 heteroatoms. The predicted molar refractivity (Wildman–Crippen MR) is 72.3 cm³/mol. The molecule has 0 aromatic carbocycles. The summed E-state index contributed by atoms with van der Waals surface area (Å²) in [5, 5.41) is 10.1. The third-order valence-corrected chi connectivity index (χ3v) is 8.00. The van der Waals surface area contributed by atoms with Gasteiger partial charge >= 0.3 is 0 Å². The number of nitrogens with zero attached hydrogens (tertiary/aromatic N) is 1. The van der Waals surface area contributed by atoms with Gasteiger partial charge in [-0.15, -0.1) is 18.1 Å². The van der Waals surface area contributed by atoms with E-state index in [0.29, 0.717) is 5.69 Å². The van der Waals surface area contributed by atoms with Crippen molar-refractivity contribution in [2.24, 2.45) is 0 Å². The summed E-state index contributed by atoms with van der Waals surface area (Å²) in [5.41, 5.74) is 0.440. The van der Waals surface area contributed by atoms with E-state index in [1.54, 1.807) is 0 Å². The zero-order valence-corrected chi connectivity index (χ0v) is 12.7. The van der Waals surface area contributed by atoms with Crippen LogP contribution in [0.25, 0.3) is 0 Å². The normalized spacial score (nSPS) is 14.6. The molecule has 0 aliphatic heterocycles. The first kappa shape index (κ1) is 15.3. The lowest BCUT2D eigenvalue weighted by atomic mass is 10.2. The Morgan fingerprint density at radius 2 is 2.00 bits per heavy atom. The minimum Gasteiger partial charge on any atom is -0.562 e. The molecule has 0 saturated carbocycles. The lowest BCUT2D eigenvalue weighted by molar-refractivity contribution is 0.0969. The Balaban J connectivity index is 2.61. The third-order valence-electron chi connectivity index (χ3n) is 3.50. The molecule has 0 radical (unpaired) electrons. The van der Waals surface area contributed by atoms with Crippen LogP contribution in [0.15, 0.2) is 18.3 Å². The van der Waals surface area contributed by atoms with Gasteiger partial charge in [0.2, 0.25) is 0 Å². The second-order valence-electron chi connectivity index (χ2n) is 5.99. The average molecular weight is 271 g/mol. The highest BCUT2D eigenvalue weighted by atomic mass is 28.4. The smallest absolute Gasteiger partial charge is 0.141 e. The topological polar surface area (TPSA) is 42.4 Å². The first-order valence-corrected chi connectivity index (χ1v) is 8.98. The van der Waals surface area contributed by atoms with Gasteiger partial charge in [-0.25, -0.2) is 4.39 Å². The van der Waals surface area contributed by atoms with Crippen molar-refractivity contribution in [2.75, 3.05) is 6.61 Å². The van der Waals surface area contributed by atoms with Crippen molar-refractivity contribution in [3.63, 3.8) is 0 Å². The van der Waals surface area contributed by atoms with Crippen LogP contribution in [0.5, 0.6) is 0 Å². The van der Waals surface area contributed by atoms with Crippen LogP contribution in [-0.4, -0.2) is 25.0 Å². The highest BCUT2D eigenvalue weighted by molar-refractivity contribution is 6.74. The van der Waals surface area contributed by atoms with Gasteiger partial charge in [-0.05, 0) is 20.5 Å². The van der Waals surface area contributed by atoms with Gasteiger partial charge in [-0.1, -0.05) is 20.8 Å². The molecule has 1 N–H and O–H groups in total. The fourth-order valence-corrected chi connectivity index (χ4v) is 2.18. The lowest BCUT2D eigenvalue weighted by Crippen LogP contribution is -2.41. The van der Waals surface area contributed by atoms with E-state index in [9.17, 15) is 9.50 Å². The van der Waals surface area contributed by atoms with Crippen LogP contribution < -0.4 is 0 Å². The second-order valence-corrected chi connectivity index (χ2v) is 10.8. The summed E-state index contributed by atoms with van der Waals surface area (Å²) in [7, 11) is -1.87. The maximum atomic E-state index is 12.7. The molecule has 0 amide bonds. The maximum absolute atomic E-state index is 12.7. The van der Waals surface area contributed by atoms with Gasteiger partial charge < -0.3 is 9.53 Å². The Morgan fingerprint density at radius 1 is 1.39 bits per heavy atom. The number of hydrogen-bond donors (Lipinski definition) is 1. The Kier molecular flexibility index (Phi) is 4.64. The van der Waals surface area contributed by atoms with E-state index < -0.39 is 20.2 Å². The summed E-state index contributed by atoms with van der Waals surface area (Å²) >= 11 is 0. The summed E-state index contributed by atoms with van der Waals surface area (Å²) < 4.78 is 18.6. The third kappa shape index (κ3) is 3.86. The predicted octanol–water partition coefficient (Wildman–Crippen LogP) is 3.28.